The van der Waals surface area contributed by atoms with E-state index >= 15 is 0 Å². The molecule has 28 heavy (non-hydrogen) atoms. The maximum absolute atomic E-state index is 12.5. The van der Waals surface area contributed by atoms with Crippen LogP contribution in [-0.2, 0) is 4.79 Å². The van der Waals surface area contributed by atoms with Gasteiger partial charge in [-0.25, -0.2) is 4.79 Å². The summed E-state index contributed by atoms with van der Waals surface area (Å²) in [4.78, 5) is 33.1. The van der Waals surface area contributed by atoms with Gasteiger partial charge in [-0.2, -0.15) is 0 Å². The van der Waals surface area contributed by atoms with Crippen molar-refractivity contribution in [2.45, 2.75) is 77.7 Å². The molecule has 158 valence electrons. The summed E-state index contributed by atoms with van der Waals surface area (Å²) < 4.78 is 0. The molecule has 0 radical (unpaired) electrons. The molecule has 2 heterocycles. The maximum Gasteiger partial charge on any atom is 0.325 e. The second-order valence-corrected chi connectivity index (χ2v) is 8.89. The van der Waals surface area contributed by atoms with E-state index < -0.39 is 5.54 Å². The Morgan fingerprint density at radius 3 is 2.57 bits per heavy atom. The number of rotatable bonds is 6. The molecule has 2 N–H and O–H groups in total. The van der Waals surface area contributed by atoms with E-state index in [-0.39, 0.29) is 11.9 Å². The SMILES string of the molecule is CCNC(=NCCCN1C(=O)NC(C)(CC)C1=O)N1CCC2(CCCCC2)C1. The fourth-order valence-corrected chi connectivity index (χ4v) is 4.86. The first-order valence-electron chi connectivity index (χ1n) is 11.1. The normalized spacial score (nSPS) is 27.6. The Hall–Kier alpha value is -1.79. The summed E-state index contributed by atoms with van der Waals surface area (Å²) in [6, 6.07) is -0.274. The minimum Gasteiger partial charge on any atom is -0.357 e. The molecule has 0 aromatic rings. The van der Waals surface area contributed by atoms with Gasteiger partial charge in [-0.15, -0.1) is 0 Å². The molecule has 3 amide bonds. The Morgan fingerprint density at radius 1 is 1.18 bits per heavy atom. The number of hydrogen-bond donors (Lipinski definition) is 2. The van der Waals surface area contributed by atoms with Crippen molar-refractivity contribution in [2.75, 3.05) is 32.7 Å². The van der Waals surface area contributed by atoms with Crippen LogP contribution in [0.5, 0.6) is 0 Å². The summed E-state index contributed by atoms with van der Waals surface area (Å²) in [6.07, 6.45) is 9.39. The lowest BCUT2D eigenvalue weighted by Crippen LogP contribution is -2.43. The van der Waals surface area contributed by atoms with E-state index in [1.54, 1.807) is 6.92 Å². The van der Waals surface area contributed by atoms with E-state index in [2.05, 4.69) is 22.5 Å². The second-order valence-electron chi connectivity index (χ2n) is 8.89. The summed E-state index contributed by atoms with van der Waals surface area (Å²) in [5.74, 6) is 0.871. The molecule has 7 heteroatoms. The van der Waals surface area contributed by atoms with E-state index in [9.17, 15) is 9.59 Å². The summed E-state index contributed by atoms with van der Waals surface area (Å²) in [5, 5.41) is 6.24. The molecular weight excluding hydrogens is 354 g/mol. The molecule has 3 rings (SSSR count). The number of likely N-dealkylation sites (tertiary alicyclic amines) is 1. The van der Waals surface area contributed by atoms with Crippen molar-refractivity contribution in [1.82, 2.24) is 20.4 Å². The summed E-state index contributed by atoms with van der Waals surface area (Å²) in [6.45, 7) is 9.89. The highest BCUT2D eigenvalue weighted by molar-refractivity contribution is 6.06. The van der Waals surface area contributed by atoms with Crippen molar-refractivity contribution in [2.24, 2.45) is 10.4 Å². The number of hydrogen-bond acceptors (Lipinski definition) is 3. The fraction of sp³-hybridized carbons (Fsp3) is 0.857. The third-order valence-electron chi connectivity index (χ3n) is 6.84. The van der Waals surface area contributed by atoms with E-state index in [0.29, 0.717) is 31.3 Å². The van der Waals surface area contributed by atoms with Gasteiger partial charge in [0.15, 0.2) is 5.96 Å². The van der Waals surface area contributed by atoms with Gasteiger partial charge in [0, 0.05) is 32.7 Å². The Kier molecular flexibility index (Phi) is 6.50. The van der Waals surface area contributed by atoms with Gasteiger partial charge in [0.25, 0.3) is 5.91 Å². The molecule has 1 spiro atoms. The minimum atomic E-state index is -0.751. The number of aliphatic imine (C=N–C) groups is 1. The van der Waals surface area contributed by atoms with E-state index in [0.717, 1.165) is 25.6 Å². The Bertz CT molecular complexity index is 614. The number of nitrogens with zero attached hydrogens (tertiary/aromatic N) is 3. The van der Waals surface area contributed by atoms with Gasteiger partial charge in [0.1, 0.15) is 5.54 Å². The van der Waals surface area contributed by atoms with Crippen LogP contribution in [0, 0.1) is 5.41 Å². The van der Waals surface area contributed by atoms with Gasteiger partial charge in [-0.3, -0.25) is 14.7 Å². The van der Waals surface area contributed by atoms with Crippen molar-refractivity contribution in [3.8, 4) is 0 Å². The maximum atomic E-state index is 12.5. The first kappa shape index (κ1) is 20.9. The van der Waals surface area contributed by atoms with Crippen molar-refractivity contribution in [3.05, 3.63) is 0 Å². The highest BCUT2D eigenvalue weighted by atomic mass is 16.2. The van der Waals surface area contributed by atoms with Crippen LogP contribution in [0.25, 0.3) is 0 Å². The standard InChI is InChI=1S/C21H37N5O2/c1-4-20(3)17(27)26(19(28)24-20)14-9-13-23-18(22-5-2)25-15-12-21(16-25)10-7-6-8-11-21/h4-16H2,1-3H3,(H,22,23)(H,24,28). The van der Waals surface area contributed by atoms with Crippen molar-refractivity contribution in [1.29, 1.82) is 0 Å². The van der Waals surface area contributed by atoms with E-state index in [1.807, 2.05) is 6.92 Å². The van der Waals surface area contributed by atoms with E-state index in [1.165, 1.54) is 43.4 Å². The minimum absolute atomic E-state index is 0.116. The molecule has 0 bridgehead atoms. The molecule has 1 saturated carbocycles. The first-order valence-corrected chi connectivity index (χ1v) is 11.1. The summed E-state index contributed by atoms with van der Waals surface area (Å²) in [5.41, 5.74) is -0.252. The summed E-state index contributed by atoms with van der Waals surface area (Å²) >= 11 is 0. The third kappa shape index (κ3) is 4.28. The van der Waals surface area contributed by atoms with Crippen LogP contribution in [-0.4, -0.2) is 66.0 Å². The highest BCUT2D eigenvalue weighted by Crippen LogP contribution is 2.43. The molecule has 0 aromatic carbocycles. The predicted molar refractivity (Wildman–Crippen MR) is 111 cm³/mol. The van der Waals surface area contributed by atoms with Gasteiger partial charge < -0.3 is 15.5 Å². The van der Waals surface area contributed by atoms with Gasteiger partial charge in [0.05, 0.1) is 0 Å². The monoisotopic (exact) mass is 391 g/mol. The lowest BCUT2D eigenvalue weighted by Gasteiger charge is -2.33. The van der Waals surface area contributed by atoms with Crippen molar-refractivity contribution < 1.29 is 9.59 Å². The number of imide groups is 1. The lowest BCUT2D eigenvalue weighted by atomic mass is 9.73. The lowest BCUT2D eigenvalue weighted by molar-refractivity contribution is -0.130. The van der Waals surface area contributed by atoms with Crippen LogP contribution in [0.15, 0.2) is 4.99 Å². The quantitative estimate of drug-likeness (QED) is 0.316. The van der Waals surface area contributed by atoms with Crippen molar-refractivity contribution >= 4 is 17.9 Å². The number of guanidine groups is 1. The molecule has 2 saturated heterocycles. The molecule has 1 aliphatic carbocycles. The number of urea groups is 1. The van der Waals surface area contributed by atoms with Gasteiger partial charge >= 0.3 is 6.03 Å². The van der Waals surface area contributed by atoms with Crippen molar-refractivity contribution in [3.63, 3.8) is 0 Å². The smallest absolute Gasteiger partial charge is 0.325 e. The Labute approximate surface area is 169 Å². The van der Waals surface area contributed by atoms with Crippen LogP contribution in [0.3, 0.4) is 0 Å². The molecule has 3 fully saturated rings. The fourth-order valence-electron chi connectivity index (χ4n) is 4.86. The summed E-state index contributed by atoms with van der Waals surface area (Å²) in [7, 11) is 0. The molecule has 1 atom stereocenters. The predicted octanol–water partition coefficient (Wildman–Crippen LogP) is 2.72. The average molecular weight is 392 g/mol. The molecular formula is C21H37N5O2. The first-order chi connectivity index (χ1) is 13.4. The van der Waals surface area contributed by atoms with E-state index in [4.69, 9.17) is 4.99 Å². The number of carbonyl (C=O) groups excluding carboxylic acids is 2. The van der Waals surface area contributed by atoms with Gasteiger partial charge in [0.2, 0.25) is 0 Å². The number of carbonyl (C=O) groups is 2. The molecule has 0 aromatic heterocycles. The highest BCUT2D eigenvalue weighted by Gasteiger charge is 2.46. The van der Waals surface area contributed by atoms with Crippen LogP contribution in [0.2, 0.25) is 0 Å². The molecule has 3 aliphatic rings. The van der Waals surface area contributed by atoms with Crippen LogP contribution < -0.4 is 10.6 Å². The topological polar surface area (TPSA) is 77.0 Å². The Morgan fingerprint density at radius 2 is 1.93 bits per heavy atom. The molecule has 1 unspecified atom stereocenters. The van der Waals surface area contributed by atoms with Gasteiger partial charge in [-0.05, 0) is 51.4 Å². The average Bonchev–Trinajstić information content (AvgIpc) is 3.18. The zero-order chi connectivity index (χ0) is 20.2. The van der Waals surface area contributed by atoms with Gasteiger partial charge in [-0.1, -0.05) is 26.2 Å². The largest absolute Gasteiger partial charge is 0.357 e. The number of amides is 3. The second kappa shape index (κ2) is 8.70. The van der Waals surface area contributed by atoms with Crippen LogP contribution in [0.4, 0.5) is 4.79 Å². The third-order valence-corrected chi connectivity index (χ3v) is 6.84. The van der Waals surface area contributed by atoms with Crippen LogP contribution >= 0.6 is 0 Å². The molecule has 2 aliphatic heterocycles. The Balaban J connectivity index is 1.53. The molecule has 7 nitrogen and oxygen atoms in total. The zero-order valence-electron chi connectivity index (χ0n) is 17.9. The van der Waals surface area contributed by atoms with Crippen LogP contribution in [0.1, 0.15) is 72.1 Å². The zero-order valence-corrected chi connectivity index (χ0v) is 17.9. The number of nitrogens with one attached hydrogen (secondary N) is 2.